The van der Waals surface area contributed by atoms with Gasteiger partial charge in [-0.2, -0.15) is 0 Å². The molecule has 1 saturated heterocycles. The van der Waals surface area contributed by atoms with Crippen molar-refractivity contribution in [2.75, 3.05) is 6.61 Å². The summed E-state index contributed by atoms with van der Waals surface area (Å²) in [7, 11) is 0. The Morgan fingerprint density at radius 3 is 2.68 bits per heavy atom. The molecular formula is C16H27NO2. The van der Waals surface area contributed by atoms with Gasteiger partial charge in [-0.05, 0) is 19.3 Å². The largest absolute Gasteiger partial charge is 0.395 e. The Balaban J connectivity index is 2.25. The van der Waals surface area contributed by atoms with Crippen LogP contribution in [0.1, 0.15) is 39.0 Å². The second kappa shape index (κ2) is 9.96. The summed E-state index contributed by atoms with van der Waals surface area (Å²) in [6, 6.07) is 0.0515. The molecule has 0 unspecified atom stereocenters. The quantitative estimate of drug-likeness (QED) is 0.489. The molecular weight excluding hydrogens is 238 g/mol. The van der Waals surface area contributed by atoms with Crippen molar-refractivity contribution >= 4 is 0 Å². The molecule has 3 atom stereocenters. The van der Waals surface area contributed by atoms with E-state index in [1.54, 1.807) is 0 Å². The average molecular weight is 265 g/mol. The highest BCUT2D eigenvalue weighted by Crippen LogP contribution is 2.14. The zero-order valence-corrected chi connectivity index (χ0v) is 11.8. The fraction of sp³-hybridized carbons (Fsp3) is 0.625. The van der Waals surface area contributed by atoms with Gasteiger partial charge in [0.25, 0.3) is 0 Å². The molecule has 1 aliphatic heterocycles. The summed E-state index contributed by atoms with van der Waals surface area (Å²) in [5, 5.41) is 22.0. The fourth-order valence-electron chi connectivity index (χ4n) is 2.17. The van der Waals surface area contributed by atoms with Crippen molar-refractivity contribution in [1.82, 2.24) is 5.32 Å². The van der Waals surface area contributed by atoms with Gasteiger partial charge < -0.3 is 15.5 Å². The smallest absolute Gasteiger partial charge is 0.0716 e. The molecule has 0 radical (unpaired) electrons. The summed E-state index contributed by atoms with van der Waals surface area (Å²) in [5.41, 5.74) is 0. The van der Waals surface area contributed by atoms with Gasteiger partial charge in [0.2, 0.25) is 0 Å². The number of hydrogen-bond acceptors (Lipinski definition) is 3. The summed E-state index contributed by atoms with van der Waals surface area (Å²) >= 11 is 0. The van der Waals surface area contributed by atoms with Crippen LogP contribution in [0.25, 0.3) is 0 Å². The maximum absolute atomic E-state index is 9.63. The van der Waals surface area contributed by atoms with Gasteiger partial charge in [-0.3, -0.25) is 0 Å². The first-order valence-corrected chi connectivity index (χ1v) is 7.33. The fourth-order valence-corrected chi connectivity index (χ4v) is 2.17. The Bertz CT molecular complexity index is 310. The molecule has 3 N–H and O–H groups in total. The standard InChI is InChI=1S/C16H27NO2/c1-2-3-4-5-6-7-8-9-10-14-11-12-16(19)15(13-18)17-14/h5-10,14-19H,2-4,11-13H2,1H3/t14-,15-,16-/m1/s1. The zero-order chi connectivity index (χ0) is 13.9. The number of nitrogens with one attached hydrogen (secondary N) is 1. The van der Waals surface area contributed by atoms with E-state index in [-0.39, 0.29) is 18.7 Å². The number of aliphatic hydroxyl groups is 2. The molecule has 0 spiro atoms. The van der Waals surface area contributed by atoms with Gasteiger partial charge in [-0.1, -0.05) is 56.2 Å². The lowest BCUT2D eigenvalue weighted by Crippen LogP contribution is -2.51. The second-order valence-corrected chi connectivity index (χ2v) is 5.05. The minimum absolute atomic E-state index is 0.0124. The van der Waals surface area contributed by atoms with E-state index in [4.69, 9.17) is 5.11 Å². The number of piperidine rings is 1. The van der Waals surface area contributed by atoms with Gasteiger partial charge in [-0.25, -0.2) is 0 Å². The summed E-state index contributed by atoms with van der Waals surface area (Å²) in [6.07, 6.45) is 17.3. The van der Waals surface area contributed by atoms with Crippen LogP contribution >= 0.6 is 0 Å². The molecule has 1 aliphatic rings. The maximum Gasteiger partial charge on any atom is 0.0716 e. The van der Waals surface area contributed by atoms with Crippen LogP contribution in [0.4, 0.5) is 0 Å². The Hall–Kier alpha value is -0.900. The summed E-state index contributed by atoms with van der Waals surface area (Å²) in [4.78, 5) is 0. The van der Waals surface area contributed by atoms with Crippen molar-refractivity contribution in [2.45, 2.75) is 57.2 Å². The molecule has 0 aromatic heterocycles. The Labute approximate surface area is 116 Å². The van der Waals surface area contributed by atoms with Crippen LogP contribution in [-0.2, 0) is 0 Å². The van der Waals surface area contributed by atoms with E-state index < -0.39 is 6.10 Å². The van der Waals surface area contributed by atoms with E-state index in [0.29, 0.717) is 0 Å². The van der Waals surface area contributed by atoms with Crippen molar-refractivity contribution in [3.8, 4) is 0 Å². The van der Waals surface area contributed by atoms with E-state index in [1.807, 2.05) is 18.2 Å². The molecule has 0 aromatic carbocycles. The molecule has 0 saturated carbocycles. The Kier molecular flexibility index (Phi) is 8.47. The number of aliphatic hydroxyl groups excluding tert-OH is 2. The number of rotatable bonds is 7. The van der Waals surface area contributed by atoms with Crippen LogP contribution < -0.4 is 5.32 Å². The lowest BCUT2D eigenvalue weighted by atomic mass is 9.96. The van der Waals surface area contributed by atoms with Crippen LogP contribution in [0.15, 0.2) is 36.5 Å². The summed E-state index contributed by atoms with van der Waals surface area (Å²) < 4.78 is 0. The van der Waals surface area contributed by atoms with Crippen molar-refractivity contribution < 1.29 is 10.2 Å². The highest BCUT2D eigenvalue weighted by atomic mass is 16.3. The van der Waals surface area contributed by atoms with Gasteiger partial charge in [-0.15, -0.1) is 0 Å². The third-order valence-corrected chi connectivity index (χ3v) is 3.40. The summed E-state index contributed by atoms with van der Waals surface area (Å²) in [5.74, 6) is 0. The Morgan fingerprint density at radius 2 is 1.95 bits per heavy atom. The first-order chi connectivity index (χ1) is 9.27. The highest BCUT2D eigenvalue weighted by molar-refractivity contribution is 5.13. The molecule has 1 fully saturated rings. The molecule has 1 rings (SSSR count). The van der Waals surface area contributed by atoms with Gasteiger partial charge in [0.15, 0.2) is 0 Å². The molecule has 19 heavy (non-hydrogen) atoms. The van der Waals surface area contributed by atoms with Crippen molar-refractivity contribution in [2.24, 2.45) is 0 Å². The first-order valence-electron chi connectivity index (χ1n) is 7.33. The van der Waals surface area contributed by atoms with E-state index in [2.05, 4.69) is 30.5 Å². The SMILES string of the molecule is CCCCC=CC=CC=C[C@@H]1CC[C@@H](O)[C@@H](CO)N1. The van der Waals surface area contributed by atoms with Gasteiger partial charge in [0.05, 0.1) is 18.8 Å². The normalized spacial score (nSPS) is 28.9. The zero-order valence-electron chi connectivity index (χ0n) is 11.8. The number of hydrogen-bond donors (Lipinski definition) is 3. The van der Waals surface area contributed by atoms with Crippen molar-refractivity contribution in [3.05, 3.63) is 36.5 Å². The number of allylic oxidation sites excluding steroid dienone is 5. The van der Waals surface area contributed by atoms with Crippen molar-refractivity contribution in [3.63, 3.8) is 0 Å². The predicted octanol–water partition coefficient (Wildman–Crippen LogP) is 2.32. The van der Waals surface area contributed by atoms with E-state index >= 15 is 0 Å². The van der Waals surface area contributed by atoms with Crippen LogP contribution in [0, 0.1) is 0 Å². The molecule has 0 bridgehead atoms. The van der Waals surface area contributed by atoms with Crippen LogP contribution in [0.3, 0.4) is 0 Å². The summed E-state index contributed by atoms with van der Waals surface area (Å²) in [6.45, 7) is 2.18. The van der Waals surface area contributed by atoms with E-state index in [1.165, 1.54) is 12.8 Å². The van der Waals surface area contributed by atoms with Gasteiger partial charge >= 0.3 is 0 Å². The van der Waals surface area contributed by atoms with E-state index in [0.717, 1.165) is 19.3 Å². The Morgan fingerprint density at radius 1 is 1.16 bits per heavy atom. The van der Waals surface area contributed by atoms with Crippen LogP contribution in [-0.4, -0.2) is 35.0 Å². The third-order valence-electron chi connectivity index (χ3n) is 3.40. The number of unbranched alkanes of at least 4 members (excludes halogenated alkanes) is 2. The first kappa shape index (κ1) is 16.2. The topological polar surface area (TPSA) is 52.5 Å². The van der Waals surface area contributed by atoms with Crippen LogP contribution in [0.5, 0.6) is 0 Å². The molecule has 0 aromatic rings. The molecule has 0 amide bonds. The molecule has 108 valence electrons. The monoisotopic (exact) mass is 265 g/mol. The minimum Gasteiger partial charge on any atom is -0.395 e. The van der Waals surface area contributed by atoms with E-state index in [9.17, 15) is 5.11 Å². The molecule has 1 heterocycles. The lowest BCUT2D eigenvalue weighted by Gasteiger charge is -2.32. The minimum atomic E-state index is -0.424. The van der Waals surface area contributed by atoms with Crippen molar-refractivity contribution in [1.29, 1.82) is 0 Å². The highest BCUT2D eigenvalue weighted by Gasteiger charge is 2.26. The van der Waals surface area contributed by atoms with Gasteiger partial charge in [0, 0.05) is 6.04 Å². The average Bonchev–Trinajstić information content (AvgIpc) is 2.43. The second-order valence-electron chi connectivity index (χ2n) is 5.05. The maximum atomic E-state index is 9.63. The van der Waals surface area contributed by atoms with Crippen LogP contribution in [0.2, 0.25) is 0 Å². The lowest BCUT2D eigenvalue weighted by molar-refractivity contribution is 0.0562. The van der Waals surface area contributed by atoms with Gasteiger partial charge in [0.1, 0.15) is 0 Å². The predicted molar refractivity (Wildman–Crippen MR) is 80.0 cm³/mol. The molecule has 3 nitrogen and oxygen atoms in total. The third kappa shape index (κ3) is 6.71. The molecule has 0 aliphatic carbocycles. The molecule has 3 heteroatoms.